The highest BCUT2D eigenvalue weighted by molar-refractivity contribution is 8.06. The van der Waals surface area contributed by atoms with Crippen LogP contribution in [0.5, 0.6) is 0 Å². The van der Waals surface area contributed by atoms with Gasteiger partial charge in [0.2, 0.25) is 0 Å². The van der Waals surface area contributed by atoms with Gasteiger partial charge in [-0.25, -0.2) is 0 Å². The largest absolute Gasteiger partial charge is 0.0996 e. The predicted molar refractivity (Wildman–Crippen MR) is 111 cm³/mol. The maximum absolute atomic E-state index is 4.06. The minimum Gasteiger partial charge on any atom is -0.0996 e. The smallest absolute Gasteiger partial charge is 0.00712 e. The lowest BCUT2D eigenvalue weighted by atomic mass is 9.77. The quantitative estimate of drug-likeness (QED) is 0.405. The van der Waals surface area contributed by atoms with Gasteiger partial charge in [0.1, 0.15) is 0 Å². The van der Waals surface area contributed by atoms with Gasteiger partial charge in [0.25, 0.3) is 0 Å². The van der Waals surface area contributed by atoms with E-state index in [9.17, 15) is 0 Å². The van der Waals surface area contributed by atoms with Gasteiger partial charge in [-0.15, -0.1) is 0 Å². The molecule has 0 spiro atoms. The molecule has 2 aliphatic carbocycles. The van der Waals surface area contributed by atoms with E-state index in [4.69, 9.17) is 0 Å². The van der Waals surface area contributed by atoms with Crippen molar-refractivity contribution in [3.8, 4) is 0 Å². The Morgan fingerprint density at radius 3 is 2.71 bits per heavy atom. The first-order chi connectivity index (χ1) is 11.5. The van der Waals surface area contributed by atoms with Gasteiger partial charge in [0.15, 0.2) is 0 Å². The summed E-state index contributed by atoms with van der Waals surface area (Å²) in [4.78, 5) is 2.80. The molecule has 24 heavy (non-hydrogen) atoms. The summed E-state index contributed by atoms with van der Waals surface area (Å²) < 4.78 is 0. The van der Waals surface area contributed by atoms with E-state index in [0.29, 0.717) is 5.92 Å². The molecule has 0 N–H and O–H groups in total. The molecule has 0 radical (unpaired) electrons. The standard InChI is InChI=1S/C23H32S/c1-6-8-9-11-18(5)20(7-2)14-19-15-21(16-19)22-12-10-13-23(22)24-17(3)4/h7-9,11,15,19H,3,6,10,12-14,16H2,1-2,4-5H3/b9-8-,18-11+,20-7+. The van der Waals surface area contributed by atoms with Gasteiger partial charge >= 0.3 is 0 Å². The van der Waals surface area contributed by atoms with E-state index in [2.05, 4.69) is 64.7 Å². The highest BCUT2D eigenvalue weighted by atomic mass is 32.2. The minimum atomic E-state index is 0.717. The van der Waals surface area contributed by atoms with Gasteiger partial charge in [-0.3, -0.25) is 0 Å². The number of hydrogen-bond acceptors (Lipinski definition) is 1. The van der Waals surface area contributed by atoms with Crippen LogP contribution in [0, 0.1) is 5.92 Å². The lowest BCUT2D eigenvalue weighted by molar-refractivity contribution is 0.576. The number of allylic oxidation sites excluding steroid dienone is 11. The molecule has 0 nitrogen and oxygen atoms in total. The average molecular weight is 341 g/mol. The van der Waals surface area contributed by atoms with Gasteiger partial charge in [-0.2, -0.15) is 0 Å². The molecular formula is C23H32S. The van der Waals surface area contributed by atoms with Crippen molar-refractivity contribution in [3.05, 3.63) is 69.1 Å². The molecular weight excluding hydrogens is 308 g/mol. The molecule has 0 aromatic heterocycles. The maximum atomic E-state index is 4.06. The molecule has 2 rings (SSSR count). The molecule has 0 heterocycles. The zero-order chi connectivity index (χ0) is 17.5. The SMILES string of the molecule is C=C(C)SC1=C(C2=CC(CC(=C\C)/C(C)=C/C=C\CC)C2)CCC1. The van der Waals surface area contributed by atoms with E-state index in [1.54, 1.807) is 16.1 Å². The molecule has 0 aliphatic heterocycles. The molecule has 2 aliphatic rings. The zero-order valence-electron chi connectivity index (χ0n) is 15.8. The minimum absolute atomic E-state index is 0.717. The Morgan fingerprint density at radius 1 is 1.33 bits per heavy atom. The fourth-order valence-electron chi connectivity index (χ4n) is 3.51. The number of hydrogen-bond donors (Lipinski definition) is 0. The summed E-state index contributed by atoms with van der Waals surface area (Å²) >= 11 is 1.90. The Balaban J connectivity index is 1.99. The summed E-state index contributed by atoms with van der Waals surface area (Å²) in [5.41, 5.74) is 6.15. The Kier molecular flexibility index (Phi) is 7.42. The van der Waals surface area contributed by atoms with Crippen LogP contribution in [0.4, 0.5) is 0 Å². The lowest BCUT2D eigenvalue weighted by Crippen LogP contribution is -2.13. The van der Waals surface area contributed by atoms with Crippen molar-refractivity contribution in [2.45, 2.75) is 66.2 Å². The third-order valence-corrected chi connectivity index (χ3v) is 5.87. The Morgan fingerprint density at radius 2 is 2.08 bits per heavy atom. The summed E-state index contributed by atoms with van der Waals surface area (Å²) in [7, 11) is 0. The van der Waals surface area contributed by atoms with Crippen molar-refractivity contribution in [1.82, 2.24) is 0 Å². The lowest BCUT2D eigenvalue weighted by Gasteiger charge is -2.28. The molecule has 0 bridgehead atoms. The van der Waals surface area contributed by atoms with Crippen LogP contribution in [-0.2, 0) is 0 Å². The predicted octanol–water partition coefficient (Wildman–Crippen LogP) is 7.89. The van der Waals surface area contributed by atoms with Crippen molar-refractivity contribution in [1.29, 1.82) is 0 Å². The van der Waals surface area contributed by atoms with Gasteiger partial charge in [-0.1, -0.05) is 55.6 Å². The Bertz CT molecular complexity index is 622. The van der Waals surface area contributed by atoms with Crippen LogP contribution in [0.15, 0.2) is 69.1 Å². The summed E-state index contributed by atoms with van der Waals surface area (Å²) in [5, 5.41) is 0. The first kappa shape index (κ1) is 19.1. The molecule has 0 amide bonds. The van der Waals surface area contributed by atoms with Crippen molar-refractivity contribution >= 4 is 11.8 Å². The third-order valence-electron chi connectivity index (χ3n) is 4.83. The van der Waals surface area contributed by atoms with Gasteiger partial charge in [-0.05, 0) is 97.3 Å². The fraction of sp³-hybridized carbons (Fsp3) is 0.478. The third kappa shape index (κ3) is 5.14. The monoisotopic (exact) mass is 340 g/mol. The summed E-state index contributed by atoms with van der Waals surface area (Å²) in [6, 6.07) is 0. The number of rotatable bonds is 8. The molecule has 0 saturated carbocycles. The van der Waals surface area contributed by atoms with E-state index in [1.807, 2.05) is 11.8 Å². The van der Waals surface area contributed by atoms with Crippen LogP contribution in [0.2, 0.25) is 0 Å². The maximum Gasteiger partial charge on any atom is -0.00712 e. The van der Waals surface area contributed by atoms with E-state index in [0.717, 1.165) is 6.42 Å². The fourth-order valence-corrected chi connectivity index (χ4v) is 4.53. The zero-order valence-corrected chi connectivity index (χ0v) is 16.6. The van der Waals surface area contributed by atoms with E-state index < -0.39 is 0 Å². The first-order valence-electron chi connectivity index (χ1n) is 9.30. The topological polar surface area (TPSA) is 0 Å². The molecule has 0 fully saturated rings. The molecule has 0 aromatic rings. The van der Waals surface area contributed by atoms with Gasteiger partial charge in [0.05, 0.1) is 0 Å². The highest BCUT2D eigenvalue weighted by Crippen LogP contribution is 2.46. The molecule has 1 atom stereocenters. The van der Waals surface area contributed by atoms with Crippen LogP contribution in [0.3, 0.4) is 0 Å². The van der Waals surface area contributed by atoms with Crippen LogP contribution in [-0.4, -0.2) is 0 Å². The van der Waals surface area contributed by atoms with Crippen LogP contribution < -0.4 is 0 Å². The normalized spacial score (nSPS) is 22.2. The average Bonchev–Trinajstić information content (AvgIpc) is 2.93. The van der Waals surface area contributed by atoms with E-state index in [1.165, 1.54) is 48.2 Å². The van der Waals surface area contributed by atoms with Crippen LogP contribution in [0.1, 0.15) is 66.2 Å². The summed E-state index contributed by atoms with van der Waals surface area (Å²) in [6.07, 6.45) is 18.8. The molecule has 1 unspecified atom stereocenters. The molecule has 0 saturated heterocycles. The van der Waals surface area contributed by atoms with E-state index in [-0.39, 0.29) is 0 Å². The first-order valence-corrected chi connectivity index (χ1v) is 10.1. The van der Waals surface area contributed by atoms with Crippen molar-refractivity contribution in [2.75, 3.05) is 0 Å². The number of thioether (sulfide) groups is 1. The second-order valence-electron chi connectivity index (χ2n) is 6.92. The van der Waals surface area contributed by atoms with Crippen LogP contribution >= 0.6 is 11.8 Å². The van der Waals surface area contributed by atoms with Crippen molar-refractivity contribution in [2.24, 2.45) is 5.92 Å². The summed E-state index contributed by atoms with van der Waals surface area (Å²) in [6.45, 7) is 12.8. The Hall–Kier alpha value is -1.21. The molecule has 1 heteroatoms. The van der Waals surface area contributed by atoms with Crippen LogP contribution in [0.25, 0.3) is 0 Å². The van der Waals surface area contributed by atoms with Crippen molar-refractivity contribution in [3.63, 3.8) is 0 Å². The summed E-state index contributed by atoms with van der Waals surface area (Å²) in [5.74, 6) is 0.717. The second kappa shape index (κ2) is 9.32. The van der Waals surface area contributed by atoms with Gasteiger partial charge < -0.3 is 0 Å². The van der Waals surface area contributed by atoms with Crippen molar-refractivity contribution < 1.29 is 0 Å². The second-order valence-corrected chi connectivity index (χ2v) is 8.31. The molecule has 0 aromatic carbocycles. The Labute approximate surface area is 153 Å². The van der Waals surface area contributed by atoms with Gasteiger partial charge in [0, 0.05) is 0 Å². The van der Waals surface area contributed by atoms with E-state index >= 15 is 0 Å². The highest BCUT2D eigenvalue weighted by Gasteiger charge is 2.27. The molecule has 130 valence electrons.